The molecule has 0 unspecified atom stereocenters. The molecule has 0 aliphatic carbocycles. The van der Waals surface area contributed by atoms with Crippen LogP contribution < -0.4 is 0 Å². The zero-order chi connectivity index (χ0) is 13.4. The topological polar surface area (TPSA) is 57.1 Å². The number of carbonyl (C=O) groups excluding carboxylic acids is 1. The highest BCUT2D eigenvalue weighted by Crippen LogP contribution is 2.39. The zero-order valence-electron chi connectivity index (χ0n) is 11.4. The molecule has 5 nitrogen and oxygen atoms in total. The van der Waals surface area contributed by atoms with E-state index in [2.05, 4.69) is 4.99 Å². The van der Waals surface area contributed by atoms with Gasteiger partial charge in [0.25, 0.3) is 0 Å². The molecule has 0 N–H and O–H groups in total. The third-order valence-electron chi connectivity index (χ3n) is 2.37. The highest BCUT2D eigenvalue weighted by Gasteiger charge is 2.55. The van der Waals surface area contributed by atoms with Crippen molar-refractivity contribution in [3.8, 4) is 0 Å². The Hall–Kier alpha value is -0.523. The van der Waals surface area contributed by atoms with Crippen LogP contribution in [0.5, 0.6) is 0 Å². The SMILES string of the molecule is CCO[Si](OCC)(OCC)C(C)(C)CN=C=O. The Morgan fingerprint density at radius 2 is 1.47 bits per heavy atom. The number of isocyanates is 1. The molecule has 0 saturated heterocycles. The molecule has 0 spiro atoms. The van der Waals surface area contributed by atoms with Gasteiger partial charge in [0.05, 0.1) is 11.6 Å². The van der Waals surface area contributed by atoms with Crippen LogP contribution in [0.25, 0.3) is 0 Å². The number of aliphatic imine (C=N–C) groups is 1. The van der Waals surface area contributed by atoms with E-state index in [4.69, 9.17) is 13.3 Å². The summed E-state index contributed by atoms with van der Waals surface area (Å²) in [6.07, 6.45) is 1.55. The Bertz CT molecular complexity index is 247. The fourth-order valence-electron chi connectivity index (χ4n) is 1.61. The van der Waals surface area contributed by atoms with Crippen LogP contribution in [0.1, 0.15) is 34.6 Å². The van der Waals surface area contributed by atoms with Crippen molar-refractivity contribution in [2.45, 2.75) is 39.7 Å². The van der Waals surface area contributed by atoms with Gasteiger partial charge in [0.15, 0.2) is 0 Å². The van der Waals surface area contributed by atoms with Crippen molar-refractivity contribution in [1.29, 1.82) is 0 Å². The summed E-state index contributed by atoms with van der Waals surface area (Å²) in [5.74, 6) is 0. The Balaban J connectivity index is 5.12. The maximum atomic E-state index is 10.3. The van der Waals surface area contributed by atoms with E-state index < -0.39 is 13.8 Å². The largest absolute Gasteiger partial charge is 0.508 e. The second-order valence-electron chi connectivity index (χ2n) is 4.15. The molecule has 0 atom stereocenters. The van der Waals surface area contributed by atoms with Crippen LogP contribution in [-0.2, 0) is 18.1 Å². The van der Waals surface area contributed by atoms with Gasteiger partial charge in [-0.25, -0.2) is 9.79 Å². The highest BCUT2D eigenvalue weighted by atomic mass is 28.4. The van der Waals surface area contributed by atoms with Crippen molar-refractivity contribution in [3.05, 3.63) is 0 Å². The van der Waals surface area contributed by atoms with Crippen LogP contribution in [0.4, 0.5) is 0 Å². The predicted octanol–water partition coefficient (Wildman–Crippen LogP) is 2.15. The first-order chi connectivity index (χ1) is 7.99. The molecule has 0 aromatic rings. The van der Waals surface area contributed by atoms with Gasteiger partial charge in [0, 0.05) is 19.8 Å². The third kappa shape index (κ3) is 4.33. The Kier molecular flexibility index (Phi) is 7.50. The fourth-order valence-corrected chi connectivity index (χ4v) is 4.44. The van der Waals surface area contributed by atoms with E-state index in [0.717, 1.165) is 0 Å². The standard InChI is InChI=1S/C11H23NO4Si/c1-6-14-17(15-7-2,16-8-3)11(4,5)9-12-10-13/h6-9H2,1-5H3. The molecule has 0 heterocycles. The molecule has 0 saturated carbocycles. The molecule has 0 fully saturated rings. The smallest absolute Gasteiger partial charge is 0.373 e. The summed E-state index contributed by atoms with van der Waals surface area (Å²) in [6, 6.07) is 0. The lowest BCUT2D eigenvalue weighted by Gasteiger charge is -2.39. The molecule has 100 valence electrons. The van der Waals surface area contributed by atoms with Crippen molar-refractivity contribution in [2.24, 2.45) is 4.99 Å². The second kappa shape index (κ2) is 7.74. The first-order valence-corrected chi connectivity index (χ1v) is 7.67. The summed E-state index contributed by atoms with van der Waals surface area (Å²) in [5.41, 5.74) is 0. The third-order valence-corrected chi connectivity index (χ3v) is 6.19. The Morgan fingerprint density at radius 3 is 1.76 bits per heavy atom. The van der Waals surface area contributed by atoms with Gasteiger partial charge in [-0.2, -0.15) is 0 Å². The minimum Gasteiger partial charge on any atom is -0.373 e. The first-order valence-electron chi connectivity index (χ1n) is 5.95. The summed E-state index contributed by atoms with van der Waals surface area (Å²) < 4.78 is 17.3. The molecule has 0 amide bonds. The second-order valence-corrected chi connectivity index (χ2v) is 7.48. The number of hydrogen-bond acceptors (Lipinski definition) is 5. The minimum atomic E-state index is -2.83. The quantitative estimate of drug-likeness (QED) is 0.362. The van der Waals surface area contributed by atoms with E-state index in [0.29, 0.717) is 26.4 Å². The summed E-state index contributed by atoms with van der Waals surface area (Å²) in [4.78, 5) is 13.9. The van der Waals surface area contributed by atoms with Crippen molar-refractivity contribution in [1.82, 2.24) is 0 Å². The molecule has 0 aromatic heterocycles. The lowest BCUT2D eigenvalue weighted by molar-refractivity contribution is 0.0494. The van der Waals surface area contributed by atoms with Crippen molar-refractivity contribution in [3.63, 3.8) is 0 Å². The van der Waals surface area contributed by atoms with E-state index in [-0.39, 0.29) is 0 Å². The fraction of sp³-hybridized carbons (Fsp3) is 0.909. The van der Waals surface area contributed by atoms with Crippen LogP contribution in [-0.4, -0.2) is 41.2 Å². The van der Waals surface area contributed by atoms with Crippen LogP contribution in [0, 0.1) is 0 Å². The normalized spacial score (nSPS) is 12.3. The highest BCUT2D eigenvalue weighted by molar-refractivity contribution is 6.64. The monoisotopic (exact) mass is 261 g/mol. The van der Waals surface area contributed by atoms with Gasteiger partial charge in [-0.3, -0.25) is 0 Å². The van der Waals surface area contributed by atoms with Gasteiger partial charge in [-0.1, -0.05) is 13.8 Å². The van der Waals surface area contributed by atoms with Gasteiger partial charge in [-0.05, 0) is 20.8 Å². The summed E-state index contributed by atoms with van der Waals surface area (Å²) in [5, 5.41) is -0.438. The minimum absolute atomic E-state index is 0.294. The maximum Gasteiger partial charge on any atom is 0.508 e. The van der Waals surface area contributed by atoms with Crippen LogP contribution in [0.3, 0.4) is 0 Å². The van der Waals surface area contributed by atoms with Gasteiger partial charge >= 0.3 is 8.80 Å². The molecular formula is C11H23NO4Si. The number of hydrogen-bond donors (Lipinski definition) is 0. The summed E-state index contributed by atoms with van der Waals surface area (Å²) in [6.45, 7) is 11.4. The van der Waals surface area contributed by atoms with E-state index >= 15 is 0 Å². The molecule has 0 rings (SSSR count). The maximum absolute atomic E-state index is 10.3. The van der Waals surface area contributed by atoms with Crippen molar-refractivity contribution >= 4 is 14.9 Å². The lowest BCUT2D eigenvalue weighted by Crippen LogP contribution is -2.55. The molecular weight excluding hydrogens is 238 g/mol. The van der Waals surface area contributed by atoms with Gasteiger partial charge in [0.1, 0.15) is 0 Å². The van der Waals surface area contributed by atoms with E-state index in [9.17, 15) is 4.79 Å². The van der Waals surface area contributed by atoms with Crippen molar-refractivity contribution in [2.75, 3.05) is 26.4 Å². The van der Waals surface area contributed by atoms with Crippen molar-refractivity contribution < 1.29 is 18.1 Å². The molecule has 0 aromatic carbocycles. The molecule has 6 heteroatoms. The van der Waals surface area contributed by atoms with Gasteiger partial charge in [0.2, 0.25) is 6.08 Å². The summed E-state index contributed by atoms with van der Waals surface area (Å²) in [7, 11) is -2.83. The van der Waals surface area contributed by atoms with E-state index in [1.807, 2.05) is 34.6 Å². The zero-order valence-corrected chi connectivity index (χ0v) is 12.4. The molecule has 0 radical (unpaired) electrons. The average Bonchev–Trinajstić information content (AvgIpc) is 2.27. The molecule has 0 bridgehead atoms. The molecule has 0 aliphatic rings. The van der Waals surface area contributed by atoms with Crippen LogP contribution in [0.15, 0.2) is 4.99 Å². The summed E-state index contributed by atoms with van der Waals surface area (Å²) >= 11 is 0. The van der Waals surface area contributed by atoms with Crippen LogP contribution in [0.2, 0.25) is 5.04 Å². The van der Waals surface area contributed by atoms with Crippen LogP contribution >= 0.6 is 0 Å². The Labute approximate surface area is 105 Å². The first kappa shape index (κ1) is 16.5. The Morgan fingerprint density at radius 1 is 1.06 bits per heavy atom. The van der Waals surface area contributed by atoms with Gasteiger partial charge < -0.3 is 13.3 Å². The van der Waals surface area contributed by atoms with Gasteiger partial charge in [-0.15, -0.1) is 0 Å². The lowest BCUT2D eigenvalue weighted by atomic mass is 10.2. The molecule has 0 aliphatic heterocycles. The van der Waals surface area contributed by atoms with E-state index in [1.165, 1.54) is 0 Å². The number of rotatable bonds is 9. The number of nitrogens with zero attached hydrogens (tertiary/aromatic N) is 1. The predicted molar refractivity (Wildman–Crippen MR) is 67.7 cm³/mol. The average molecular weight is 261 g/mol. The molecule has 17 heavy (non-hydrogen) atoms. The van der Waals surface area contributed by atoms with E-state index in [1.54, 1.807) is 6.08 Å².